The molecular weight excluding hydrogens is 411 g/mol. The van der Waals surface area contributed by atoms with Gasteiger partial charge in [0.1, 0.15) is 11.9 Å². The molecule has 4 nitrogen and oxygen atoms in total. The second-order valence-electron chi connectivity index (χ2n) is 7.08. The van der Waals surface area contributed by atoms with Crippen molar-refractivity contribution < 1.29 is 14.0 Å². The lowest BCUT2D eigenvalue weighted by molar-refractivity contribution is -0.138. The van der Waals surface area contributed by atoms with Gasteiger partial charge in [-0.25, -0.2) is 4.39 Å². The number of thioether (sulfide) groups is 1. The van der Waals surface area contributed by atoms with E-state index in [2.05, 4.69) is 5.32 Å². The fourth-order valence-electron chi connectivity index (χ4n) is 2.77. The zero-order chi connectivity index (χ0) is 21.4. The van der Waals surface area contributed by atoms with E-state index in [1.54, 1.807) is 37.3 Å². The highest BCUT2D eigenvalue weighted by Gasteiger charge is 2.26. The molecule has 0 aliphatic heterocycles. The average Bonchev–Trinajstić information content (AvgIpc) is 2.66. The van der Waals surface area contributed by atoms with E-state index in [1.807, 2.05) is 26.0 Å². The van der Waals surface area contributed by atoms with Crippen LogP contribution in [0, 0.1) is 5.82 Å². The molecule has 29 heavy (non-hydrogen) atoms. The smallest absolute Gasteiger partial charge is 0.242 e. The predicted molar refractivity (Wildman–Crippen MR) is 117 cm³/mol. The number of carbonyl (C=O) groups excluding carboxylic acids is 2. The standard InChI is InChI=1S/C22H26ClFN2O2S/c1-15(2)25-22(28)16(3)26(12-17-7-6-9-19(23)11-17)21(27)14-29-13-18-8-4-5-10-20(18)24/h4-11,15-16H,12-14H2,1-3H3,(H,25,28)/t16-/m1/s1. The molecule has 156 valence electrons. The molecule has 2 amide bonds. The highest BCUT2D eigenvalue weighted by Crippen LogP contribution is 2.19. The number of benzene rings is 2. The molecule has 0 saturated heterocycles. The van der Waals surface area contributed by atoms with Crippen LogP contribution in [0.3, 0.4) is 0 Å². The van der Waals surface area contributed by atoms with Gasteiger partial charge in [0, 0.05) is 23.4 Å². The molecule has 0 heterocycles. The lowest BCUT2D eigenvalue weighted by atomic mass is 10.1. The summed E-state index contributed by atoms with van der Waals surface area (Å²) < 4.78 is 13.8. The van der Waals surface area contributed by atoms with Gasteiger partial charge < -0.3 is 10.2 Å². The van der Waals surface area contributed by atoms with Crippen LogP contribution in [0.2, 0.25) is 5.02 Å². The van der Waals surface area contributed by atoms with Crippen LogP contribution in [-0.4, -0.2) is 34.6 Å². The molecule has 0 saturated carbocycles. The van der Waals surface area contributed by atoms with Crippen molar-refractivity contribution in [3.05, 3.63) is 70.5 Å². The van der Waals surface area contributed by atoms with Crippen molar-refractivity contribution in [1.82, 2.24) is 10.2 Å². The van der Waals surface area contributed by atoms with Gasteiger partial charge in [0.2, 0.25) is 11.8 Å². The second kappa shape index (κ2) is 11.2. The minimum Gasteiger partial charge on any atom is -0.352 e. The second-order valence-corrected chi connectivity index (χ2v) is 8.50. The van der Waals surface area contributed by atoms with Crippen LogP contribution in [0.4, 0.5) is 4.39 Å². The Morgan fingerprint density at radius 3 is 2.52 bits per heavy atom. The fraction of sp³-hybridized carbons (Fsp3) is 0.364. The first-order valence-electron chi connectivity index (χ1n) is 9.43. The number of hydrogen-bond donors (Lipinski definition) is 1. The van der Waals surface area contributed by atoms with Gasteiger partial charge in [-0.05, 0) is 50.1 Å². The highest BCUT2D eigenvalue weighted by atomic mass is 35.5. The lowest BCUT2D eigenvalue weighted by Crippen LogP contribution is -2.49. The van der Waals surface area contributed by atoms with Gasteiger partial charge in [-0.15, -0.1) is 11.8 Å². The van der Waals surface area contributed by atoms with E-state index >= 15 is 0 Å². The number of nitrogens with one attached hydrogen (secondary N) is 1. The maximum Gasteiger partial charge on any atom is 0.242 e. The Morgan fingerprint density at radius 1 is 1.14 bits per heavy atom. The molecular formula is C22H26ClFN2O2S. The van der Waals surface area contributed by atoms with E-state index < -0.39 is 6.04 Å². The van der Waals surface area contributed by atoms with Gasteiger partial charge in [-0.1, -0.05) is 41.9 Å². The Kier molecular flexibility index (Phi) is 8.99. The molecule has 0 aliphatic rings. The van der Waals surface area contributed by atoms with Crippen molar-refractivity contribution in [2.45, 2.75) is 45.2 Å². The van der Waals surface area contributed by atoms with Crippen molar-refractivity contribution in [1.29, 1.82) is 0 Å². The quantitative estimate of drug-likeness (QED) is 0.622. The normalized spacial score (nSPS) is 11.9. The maximum atomic E-state index is 13.8. The first-order chi connectivity index (χ1) is 13.8. The van der Waals surface area contributed by atoms with Gasteiger partial charge in [0.05, 0.1) is 5.75 Å². The predicted octanol–water partition coefficient (Wildman–Crippen LogP) is 4.65. The molecule has 2 aromatic carbocycles. The third-order valence-electron chi connectivity index (χ3n) is 4.28. The SMILES string of the molecule is CC(C)NC(=O)[C@@H](C)N(Cc1cccc(Cl)c1)C(=O)CSCc1ccccc1F. The first-order valence-corrected chi connectivity index (χ1v) is 11.0. The average molecular weight is 437 g/mol. The van der Waals surface area contributed by atoms with Gasteiger partial charge in [-0.3, -0.25) is 9.59 Å². The van der Waals surface area contributed by atoms with E-state index in [-0.39, 0.29) is 36.0 Å². The van der Waals surface area contributed by atoms with Crippen LogP contribution < -0.4 is 5.32 Å². The molecule has 7 heteroatoms. The van der Waals surface area contributed by atoms with Crippen LogP contribution in [0.5, 0.6) is 0 Å². The molecule has 0 fully saturated rings. The van der Waals surface area contributed by atoms with Gasteiger partial charge >= 0.3 is 0 Å². The summed E-state index contributed by atoms with van der Waals surface area (Å²) in [5, 5.41) is 3.42. The molecule has 2 aromatic rings. The fourth-order valence-corrected chi connectivity index (χ4v) is 3.88. The van der Waals surface area contributed by atoms with E-state index in [4.69, 9.17) is 11.6 Å². The summed E-state index contributed by atoms with van der Waals surface area (Å²) in [4.78, 5) is 27.0. The number of halogens is 2. The summed E-state index contributed by atoms with van der Waals surface area (Å²) >= 11 is 7.39. The van der Waals surface area contributed by atoms with Crippen LogP contribution in [-0.2, 0) is 21.9 Å². The monoisotopic (exact) mass is 436 g/mol. The van der Waals surface area contributed by atoms with Crippen molar-refractivity contribution >= 4 is 35.2 Å². The van der Waals surface area contributed by atoms with Crippen LogP contribution >= 0.6 is 23.4 Å². The molecule has 0 unspecified atom stereocenters. The Labute approximate surface area is 180 Å². The summed E-state index contributed by atoms with van der Waals surface area (Å²) in [7, 11) is 0. The van der Waals surface area contributed by atoms with Crippen molar-refractivity contribution in [2.24, 2.45) is 0 Å². The van der Waals surface area contributed by atoms with Crippen LogP contribution in [0.1, 0.15) is 31.9 Å². The minimum atomic E-state index is -0.641. The van der Waals surface area contributed by atoms with E-state index in [9.17, 15) is 14.0 Å². The Hall–Kier alpha value is -2.05. The number of amides is 2. The van der Waals surface area contributed by atoms with E-state index in [1.165, 1.54) is 22.7 Å². The maximum absolute atomic E-state index is 13.8. The summed E-state index contributed by atoms with van der Waals surface area (Å²) in [6.45, 7) is 5.73. The molecule has 0 spiro atoms. The molecule has 1 N–H and O–H groups in total. The molecule has 0 aliphatic carbocycles. The third-order valence-corrected chi connectivity index (χ3v) is 5.48. The molecule has 2 rings (SSSR count). The van der Waals surface area contributed by atoms with Gasteiger partial charge in [0.15, 0.2) is 0 Å². The van der Waals surface area contributed by atoms with Gasteiger partial charge in [0.25, 0.3) is 0 Å². The summed E-state index contributed by atoms with van der Waals surface area (Å²) in [5.74, 6) is -0.149. The topological polar surface area (TPSA) is 49.4 Å². The van der Waals surface area contributed by atoms with Gasteiger partial charge in [-0.2, -0.15) is 0 Å². The lowest BCUT2D eigenvalue weighted by Gasteiger charge is -2.29. The minimum absolute atomic E-state index is 0.0245. The summed E-state index contributed by atoms with van der Waals surface area (Å²) in [6, 6.07) is 13.1. The molecule has 1 atom stereocenters. The van der Waals surface area contributed by atoms with Crippen molar-refractivity contribution in [2.75, 3.05) is 5.75 Å². The number of rotatable bonds is 9. The zero-order valence-corrected chi connectivity index (χ0v) is 18.4. The van der Waals surface area contributed by atoms with Crippen LogP contribution in [0.25, 0.3) is 0 Å². The van der Waals surface area contributed by atoms with Crippen LogP contribution in [0.15, 0.2) is 48.5 Å². The summed E-state index contributed by atoms with van der Waals surface area (Å²) in [6.07, 6.45) is 0. The molecule has 0 radical (unpaired) electrons. The molecule has 0 aromatic heterocycles. The number of nitrogens with zero attached hydrogens (tertiary/aromatic N) is 1. The van der Waals surface area contributed by atoms with Crippen molar-refractivity contribution in [3.63, 3.8) is 0 Å². The zero-order valence-electron chi connectivity index (χ0n) is 16.8. The Bertz CT molecular complexity index is 847. The highest BCUT2D eigenvalue weighted by molar-refractivity contribution is 7.99. The summed E-state index contributed by atoms with van der Waals surface area (Å²) in [5.41, 5.74) is 1.39. The van der Waals surface area contributed by atoms with E-state index in [0.717, 1.165) is 5.56 Å². The largest absolute Gasteiger partial charge is 0.352 e. The first kappa shape index (κ1) is 23.2. The third kappa shape index (κ3) is 7.37. The molecule has 0 bridgehead atoms. The Morgan fingerprint density at radius 2 is 1.86 bits per heavy atom. The van der Waals surface area contributed by atoms with Crippen molar-refractivity contribution in [3.8, 4) is 0 Å². The van der Waals surface area contributed by atoms with E-state index in [0.29, 0.717) is 16.3 Å². The number of carbonyl (C=O) groups is 2. The Balaban J connectivity index is 2.09. The number of hydrogen-bond acceptors (Lipinski definition) is 3.